The Morgan fingerprint density at radius 2 is 2.00 bits per heavy atom. The first-order valence-corrected chi connectivity index (χ1v) is 8.19. The van der Waals surface area contributed by atoms with Crippen LogP contribution in [0.5, 0.6) is 0 Å². The lowest BCUT2D eigenvalue weighted by Gasteiger charge is -2.17. The molecule has 0 amide bonds. The van der Waals surface area contributed by atoms with Crippen molar-refractivity contribution >= 4 is 11.3 Å². The average molecular weight is 288 g/mol. The summed E-state index contributed by atoms with van der Waals surface area (Å²) in [6.45, 7) is 9.65. The lowest BCUT2D eigenvalue weighted by Crippen LogP contribution is -2.24. The Balaban J connectivity index is 2.16. The highest BCUT2D eigenvalue weighted by Crippen LogP contribution is 2.22. The molecule has 2 rings (SSSR count). The van der Waals surface area contributed by atoms with Crippen LogP contribution in [-0.4, -0.2) is 11.5 Å². The summed E-state index contributed by atoms with van der Waals surface area (Å²) in [6.07, 6.45) is 2.15. The van der Waals surface area contributed by atoms with E-state index in [0.29, 0.717) is 6.04 Å². The highest BCUT2D eigenvalue weighted by Gasteiger charge is 2.14. The molecule has 0 aliphatic heterocycles. The third-order valence-corrected chi connectivity index (χ3v) is 4.44. The Hall–Kier alpha value is -1.19. The van der Waals surface area contributed by atoms with Gasteiger partial charge < -0.3 is 5.32 Å². The Morgan fingerprint density at radius 3 is 2.60 bits per heavy atom. The molecule has 1 aromatic heterocycles. The summed E-state index contributed by atoms with van der Waals surface area (Å²) in [5.74, 6) is 0. The lowest BCUT2D eigenvalue weighted by molar-refractivity contribution is 0.519. The molecule has 1 unspecified atom stereocenters. The van der Waals surface area contributed by atoms with Gasteiger partial charge in [0.05, 0.1) is 16.7 Å². The number of nitrogens with one attached hydrogen (secondary N) is 1. The van der Waals surface area contributed by atoms with Gasteiger partial charge >= 0.3 is 0 Å². The summed E-state index contributed by atoms with van der Waals surface area (Å²) in [4.78, 5) is 4.66. The minimum absolute atomic E-state index is 0.321. The van der Waals surface area contributed by atoms with Crippen molar-refractivity contribution in [1.29, 1.82) is 0 Å². The second kappa shape index (κ2) is 7.00. The summed E-state index contributed by atoms with van der Waals surface area (Å²) in [5.41, 5.74) is 5.29. The van der Waals surface area contributed by atoms with Gasteiger partial charge in [-0.2, -0.15) is 0 Å². The molecule has 0 aliphatic rings. The fourth-order valence-electron chi connectivity index (χ4n) is 2.31. The fourth-order valence-corrected chi connectivity index (χ4v) is 2.97. The van der Waals surface area contributed by atoms with Crippen LogP contribution in [0.15, 0.2) is 23.6 Å². The van der Waals surface area contributed by atoms with Gasteiger partial charge in [0, 0.05) is 5.38 Å². The van der Waals surface area contributed by atoms with Crippen molar-refractivity contribution in [2.75, 3.05) is 6.54 Å². The zero-order valence-electron chi connectivity index (χ0n) is 12.9. The molecule has 0 saturated carbocycles. The molecule has 20 heavy (non-hydrogen) atoms. The number of hydrogen-bond donors (Lipinski definition) is 1. The first kappa shape index (κ1) is 15.2. The van der Waals surface area contributed by atoms with Crippen molar-refractivity contribution in [3.8, 4) is 0 Å². The molecular weight excluding hydrogens is 264 g/mol. The van der Waals surface area contributed by atoms with Gasteiger partial charge in [-0.25, -0.2) is 4.98 Å². The number of rotatable bonds is 6. The Kier molecular flexibility index (Phi) is 5.32. The third-order valence-electron chi connectivity index (χ3n) is 3.65. The molecule has 2 aromatic rings. The van der Waals surface area contributed by atoms with Crippen LogP contribution < -0.4 is 5.32 Å². The third kappa shape index (κ3) is 3.90. The Morgan fingerprint density at radius 1 is 1.20 bits per heavy atom. The predicted octanol–water partition coefficient (Wildman–Crippen LogP) is 4.35. The number of aryl methyl sites for hydroxylation is 3. The number of nitrogens with zero attached hydrogens (tertiary/aromatic N) is 1. The van der Waals surface area contributed by atoms with Crippen molar-refractivity contribution in [3.63, 3.8) is 0 Å². The molecular formula is C17H24N2S. The predicted molar refractivity (Wildman–Crippen MR) is 87.5 cm³/mol. The SMILES string of the molecule is CCCNC(Cc1ccc(C)c(C)c1)c1csc(C)n1. The zero-order valence-corrected chi connectivity index (χ0v) is 13.7. The maximum atomic E-state index is 4.66. The van der Waals surface area contributed by atoms with Crippen molar-refractivity contribution in [1.82, 2.24) is 10.3 Å². The maximum Gasteiger partial charge on any atom is 0.0898 e. The summed E-state index contributed by atoms with van der Waals surface area (Å²) in [6, 6.07) is 7.08. The molecule has 0 radical (unpaired) electrons. The van der Waals surface area contributed by atoms with Crippen molar-refractivity contribution < 1.29 is 0 Å². The van der Waals surface area contributed by atoms with Crippen LogP contribution in [0, 0.1) is 20.8 Å². The molecule has 1 heterocycles. The fraction of sp³-hybridized carbons (Fsp3) is 0.471. The molecule has 0 saturated heterocycles. The van der Waals surface area contributed by atoms with Crippen molar-refractivity contribution in [2.45, 2.75) is 46.6 Å². The lowest BCUT2D eigenvalue weighted by atomic mass is 9.99. The zero-order chi connectivity index (χ0) is 14.5. The quantitative estimate of drug-likeness (QED) is 0.854. The van der Waals surface area contributed by atoms with Gasteiger partial charge in [0.2, 0.25) is 0 Å². The molecule has 0 spiro atoms. The van der Waals surface area contributed by atoms with Gasteiger partial charge in [0.15, 0.2) is 0 Å². The molecule has 2 nitrogen and oxygen atoms in total. The first-order chi connectivity index (χ1) is 9.60. The molecule has 108 valence electrons. The Bertz CT molecular complexity index is 560. The molecule has 1 atom stereocenters. The Labute approximate surface area is 126 Å². The summed E-state index contributed by atoms with van der Waals surface area (Å²) < 4.78 is 0. The van der Waals surface area contributed by atoms with Crippen molar-refractivity contribution in [3.05, 3.63) is 51.0 Å². The minimum Gasteiger partial charge on any atom is -0.308 e. The largest absolute Gasteiger partial charge is 0.308 e. The topological polar surface area (TPSA) is 24.9 Å². The van der Waals surface area contributed by atoms with E-state index in [1.807, 2.05) is 0 Å². The number of hydrogen-bond acceptors (Lipinski definition) is 3. The second-order valence-electron chi connectivity index (χ2n) is 5.42. The molecule has 3 heteroatoms. The van der Waals surface area contributed by atoms with Gasteiger partial charge in [-0.1, -0.05) is 25.1 Å². The van der Waals surface area contributed by atoms with E-state index in [9.17, 15) is 0 Å². The highest BCUT2D eigenvalue weighted by molar-refractivity contribution is 7.09. The summed E-state index contributed by atoms with van der Waals surface area (Å²) in [7, 11) is 0. The molecule has 0 bridgehead atoms. The van der Waals surface area contributed by atoms with Crippen LogP contribution in [-0.2, 0) is 6.42 Å². The van der Waals surface area contributed by atoms with E-state index in [1.165, 1.54) is 22.4 Å². The minimum atomic E-state index is 0.321. The maximum absolute atomic E-state index is 4.66. The van der Waals surface area contributed by atoms with E-state index < -0.39 is 0 Å². The van der Waals surface area contributed by atoms with Crippen LogP contribution >= 0.6 is 11.3 Å². The molecule has 0 fully saturated rings. The summed E-state index contributed by atoms with van der Waals surface area (Å²) in [5, 5.41) is 6.95. The van der Waals surface area contributed by atoms with Gasteiger partial charge in [-0.15, -0.1) is 11.3 Å². The molecule has 1 aromatic carbocycles. The van der Waals surface area contributed by atoms with E-state index >= 15 is 0 Å². The second-order valence-corrected chi connectivity index (χ2v) is 6.48. The number of aromatic nitrogens is 1. The first-order valence-electron chi connectivity index (χ1n) is 7.31. The standard InChI is InChI=1S/C17H24N2S/c1-5-8-18-16(17-11-20-14(4)19-17)10-15-7-6-12(2)13(3)9-15/h6-7,9,11,16,18H,5,8,10H2,1-4H3. The molecule has 0 aliphatic carbocycles. The van der Waals surface area contributed by atoms with Crippen LogP contribution in [0.2, 0.25) is 0 Å². The average Bonchev–Trinajstić information content (AvgIpc) is 2.85. The van der Waals surface area contributed by atoms with Gasteiger partial charge in [-0.05, 0) is 56.8 Å². The van der Waals surface area contributed by atoms with Gasteiger partial charge in [0.1, 0.15) is 0 Å². The van der Waals surface area contributed by atoms with Crippen LogP contribution in [0.3, 0.4) is 0 Å². The number of thiazole rings is 1. The van der Waals surface area contributed by atoms with E-state index in [0.717, 1.165) is 24.4 Å². The van der Waals surface area contributed by atoms with E-state index in [4.69, 9.17) is 0 Å². The molecule has 1 N–H and O–H groups in total. The van der Waals surface area contributed by atoms with E-state index in [1.54, 1.807) is 11.3 Å². The number of benzene rings is 1. The van der Waals surface area contributed by atoms with Crippen LogP contribution in [0.1, 0.15) is 46.8 Å². The normalized spacial score (nSPS) is 12.6. The van der Waals surface area contributed by atoms with Crippen LogP contribution in [0.4, 0.5) is 0 Å². The smallest absolute Gasteiger partial charge is 0.0898 e. The highest BCUT2D eigenvalue weighted by atomic mass is 32.1. The van der Waals surface area contributed by atoms with Crippen LogP contribution in [0.25, 0.3) is 0 Å². The van der Waals surface area contributed by atoms with Gasteiger partial charge in [0.25, 0.3) is 0 Å². The van der Waals surface area contributed by atoms with E-state index in [-0.39, 0.29) is 0 Å². The van der Waals surface area contributed by atoms with Gasteiger partial charge in [-0.3, -0.25) is 0 Å². The van der Waals surface area contributed by atoms with Crippen molar-refractivity contribution in [2.24, 2.45) is 0 Å². The van der Waals surface area contributed by atoms with E-state index in [2.05, 4.69) is 61.6 Å². The monoisotopic (exact) mass is 288 g/mol. The summed E-state index contributed by atoms with van der Waals surface area (Å²) >= 11 is 1.73.